The van der Waals surface area contributed by atoms with Crippen molar-refractivity contribution in [3.8, 4) is 0 Å². The number of carbonyl (C=O) groups excluding carboxylic acids is 4. The Hall–Kier alpha value is -1.48. The molecule has 8 nitrogen and oxygen atoms in total. The highest BCUT2D eigenvalue weighted by atomic mass is 127. The normalized spacial score (nSPS) is 14.0. The van der Waals surface area contributed by atoms with E-state index in [1.807, 2.05) is 48.5 Å². The Morgan fingerprint density at radius 2 is 0.672 bits per heavy atom. The van der Waals surface area contributed by atoms with Gasteiger partial charge in [0.15, 0.2) is 0 Å². The number of halogens is 4. The third-order valence-corrected chi connectivity index (χ3v) is 12.3. The quantitative estimate of drug-likeness (QED) is 0.0329. The minimum Gasteiger partial charge on any atom is -1.00 e. The molecule has 2 aliphatic rings. The van der Waals surface area contributed by atoms with Crippen molar-refractivity contribution >= 4 is 115 Å². The van der Waals surface area contributed by atoms with Gasteiger partial charge in [0, 0.05) is 59.0 Å². The lowest BCUT2D eigenvalue weighted by Gasteiger charge is -2.33. The molecule has 7 rings (SSSR count). The zero-order valence-corrected chi connectivity index (χ0v) is 43.9. The van der Waals surface area contributed by atoms with Gasteiger partial charge in [0.1, 0.15) is 0 Å². The van der Waals surface area contributed by atoms with Crippen molar-refractivity contribution in [2.45, 2.75) is 78.1 Å². The molecular weight excluding hydrogens is 1180 g/mol. The van der Waals surface area contributed by atoms with Crippen molar-refractivity contribution in [2.75, 3.05) is 67.5 Å². The molecule has 316 valence electrons. The number of carbonyl (C=O) groups is 4. The third-order valence-electron chi connectivity index (χ3n) is 12.3. The maximum atomic E-state index is 14.0. The molecule has 0 aromatic heterocycles. The van der Waals surface area contributed by atoms with E-state index in [1.54, 1.807) is 0 Å². The average molecular weight is 1240 g/mol. The highest BCUT2D eigenvalue weighted by Gasteiger charge is 2.37. The molecule has 2 heterocycles. The van der Waals surface area contributed by atoms with Gasteiger partial charge in [0.05, 0.1) is 54.4 Å². The Morgan fingerprint density at radius 3 is 0.948 bits per heavy atom. The van der Waals surface area contributed by atoms with Gasteiger partial charge in [0.25, 0.3) is 23.6 Å². The molecule has 0 fully saturated rings. The summed E-state index contributed by atoms with van der Waals surface area (Å²) in [6, 6.07) is 15.4. The van der Waals surface area contributed by atoms with E-state index in [2.05, 4.69) is 42.0 Å². The number of unbranched alkanes of at least 4 members (excludes halogenated alkanes) is 6. The fraction of sp³-hybridized carbons (Fsp3) is 0.478. The summed E-state index contributed by atoms with van der Waals surface area (Å²) in [5, 5.41) is 6.84. The molecule has 0 spiro atoms. The van der Waals surface area contributed by atoms with Crippen molar-refractivity contribution < 1.29 is 76.1 Å². The maximum absolute atomic E-state index is 14.0. The fourth-order valence-corrected chi connectivity index (χ4v) is 9.24. The topological polar surface area (TPSA) is 74.8 Å². The van der Waals surface area contributed by atoms with Crippen molar-refractivity contribution in [1.29, 1.82) is 0 Å². The second-order valence-corrected chi connectivity index (χ2v) is 17.3. The molecule has 2 aliphatic heterocycles. The zero-order valence-electron chi connectivity index (χ0n) is 34.9. The monoisotopic (exact) mass is 1240 g/mol. The molecule has 12 heteroatoms. The molecule has 0 saturated heterocycles. The summed E-state index contributed by atoms with van der Waals surface area (Å²) in [6.45, 7) is 9.20. The highest BCUT2D eigenvalue weighted by molar-refractivity contribution is 14.0. The summed E-state index contributed by atoms with van der Waals surface area (Å²) in [5.74, 6) is -0.961. The van der Waals surface area contributed by atoms with Crippen LogP contribution in [0.3, 0.4) is 0 Å². The summed E-state index contributed by atoms with van der Waals surface area (Å²) < 4.78 is 1.75. The molecule has 0 bridgehead atoms. The zero-order chi connectivity index (χ0) is 38.4. The second kappa shape index (κ2) is 21.1. The van der Waals surface area contributed by atoms with Crippen LogP contribution < -0.4 is 48.0 Å². The van der Waals surface area contributed by atoms with Gasteiger partial charge in [-0.15, -0.1) is 48.0 Å². The fourth-order valence-electron chi connectivity index (χ4n) is 9.24. The number of quaternary nitrogens is 2. The number of imide groups is 2. The van der Waals surface area contributed by atoms with Crippen LogP contribution in [0.4, 0.5) is 0 Å². The van der Waals surface area contributed by atoms with E-state index in [-0.39, 0.29) is 120 Å². The van der Waals surface area contributed by atoms with Crippen molar-refractivity contribution in [3.05, 3.63) is 70.8 Å². The number of hydrogen-bond acceptors (Lipinski definition) is 4. The second-order valence-electron chi connectivity index (χ2n) is 17.3. The van der Waals surface area contributed by atoms with Gasteiger partial charge in [-0.25, -0.2) is 0 Å². The summed E-state index contributed by atoms with van der Waals surface area (Å²) in [4.78, 5) is 59.0. The Labute approximate surface area is 412 Å². The first kappa shape index (κ1) is 50.9. The lowest BCUT2D eigenvalue weighted by atomic mass is 9.82. The van der Waals surface area contributed by atoms with Gasteiger partial charge in [-0.1, -0.05) is 63.8 Å². The predicted molar refractivity (Wildman–Crippen MR) is 250 cm³/mol. The molecule has 0 atom stereocenters. The number of nitrogens with zero attached hydrogens (tertiary/aromatic N) is 4. The Balaban J connectivity index is 0.00000225. The predicted octanol–water partition coefficient (Wildman–Crippen LogP) is 4.27. The van der Waals surface area contributed by atoms with E-state index in [4.69, 9.17) is 0 Å². The van der Waals surface area contributed by atoms with Crippen LogP contribution in [0.1, 0.15) is 119 Å². The number of rotatable bonds is 18. The van der Waals surface area contributed by atoms with Crippen molar-refractivity contribution in [3.63, 3.8) is 0 Å². The Morgan fingerprint density at radius 1 is 0.397 bits per heavy atom. The molecule has 0 saturated carbocycles. The van der Waals surface area contributed by atoms with E-state index < -0.39 is 0 Å². The van der Waals surface area contributed by atoms with Gasteiger partial charge in [-0.3, -0.25) is 29.0 Å². The van der Waals surface area contributed by atoms with Crippen molar-refractivity contribution in [2.24, 2.45) is 0 Å². The lowest BCUT2D eigenvalue weighted by molar-refractivity contribution is -0.890. The number of benzene rings is 5. The molecule has 0 N–H and O–H groups in total. The van der Waals surface area contributed by atoms with Gasteiger partial charge in [0.2, 0.25) is 0 Å². The van der Waals surface area contributed by atoms with E-state index in [0.717, 1.165) is 80.3 Å². The first-order chi connectivity index (χ1) is 25.9. The lowest BCUT2D eigenvalue weighted by Crippen LogP contribution is -3.00. The van der Waals surface area contributed by atoms with Crippen LogP contribution in [-0.2, 0) is 0 Å². The summed E-state index contributed by atoms with van der Waals surface area (Å²) in [5.41, 5.74) is 2.21. The molecule has 0 aliphatic carbocycles. The van der Waals surface area contributed by atoms with E-state index >= 15 is 0 Å². The Bertz CT molecular complexity index is 2010. The minimum absolute atomic E-state index is 0. The van der Waals surface area contributed by atoms with Crippen LogP contribution in [0, 0.1) is 0 Å². The molecule has 58 heavy (non-hydrogen) atoms. The Kier molecular flexibility index (Phi) is 18.5. The van der Waals surface area contributed by atoms with Crippen LogP contribution in [0.5, 0.6) is 0 Å². The third kappa shape index (κ3) is 9.76. The standard InChI is InChI=1S/C46H58N4O4.4HI/c1-7-9-11-13-27-49(3,4)29-15-25-47-43(51)35-21-17-31-33-19-23-37-42-38(24-20-34(40(33)42)32-18-22-36(44(47)52)41(35)39(31)32)46(54)48(45(37)53)26-16-30-50(5,6)28-14-12-10-8-2;;;;/h17-24H,7-16,25-30H2,1-6H3;4*1H/q+2;;;;/p-2. The van der Waals surface area contributed by atoms with Crippen LogP contribution >= 0.6 is 48.0 Å². The highest BCUT2D eigenvalue weighted by Crippen LogP contribution is 2.46. The van der Waals surface area contributed by atoms with Crippen LogP contribution in [0.2, 0.25) is 0 Å². The average Bonchev–Trinajstić information content (AvgIpc) is 3.15. The largest absolute Gasteiger partial charge is 1.00 e. The molecule has 0 radical (unpaired) electrons. The van der Waals surface area contributed by atoms with Gasteiger partial charge in [-0.2, -0.15) is 0 Å². The molecule has 5 aromatic rings. The molecule has 4 amide bonds. The first-order valence-corrected chi connectivity index (χ1v) is 20.5. The van der Waals surface area contributed by atoms with Gasteiger partial charge >= 0.3 is 0 Å². The molecule has 0 unspecified atom stereocenters. The van der Waals surface area contributed by atoms with Crippen LogP contribution in [-0.4, -0.2) is 110 Å². The number of hydrogen-bond donors (Lipinski definition) is 0. The van der Waals surface area contributed by atoms with Crippen LogP contribution in [0.25, 0.3) is 43.1 Å². The summed E-state index contributed by atoms with van der Waals surface area (Å²) >= 11 is 0. The van der Waals surface area contributed by atoms with E-state index in [0.29, 0.717) is 46.1 Å². The minimum atomic E-state index is -0.240. The number of fused-ring (bicyclic) bond motifs is 2. The first-order valence-electron chi connectivity index (χ1n) is 20.5. The number of amides is 4. The summed E-state index contributed by atoms with van der Waals surface area (Å²) in [6.07, 6.45) is 11.3. The van der Waals surface area contributed by atoms with Crippen LogP contribution in [0.15, 0.2) is 48.5 Å². The molecule has 5 aromatic carbocycles. The van der Waals surface area contributed by atoms with E-state index in [9.17, 15) is 19.2 Å². The van der Waals surface area contributed by atoms with Crippen molar-refractivity contribution in [1.82, 2.24) is 9.80 Å². The van der Waals surface area contributed by atoms with E-state index in [1.165, 1.54) is 61.2 Å². The molecular formula is C46H60I4N4O4. The summed E-state index contributed by atoms with van der Waals surface area (Å²) in [7, 11) is 8.93. The van der Waals surface area contributed by atoms with Gasteiger partial charge in [-0.05, 0) is 82.3 Å². The SMILES string of the molecule is CCCCCC[N+](C)(C)CCCN1C(=O)c2ccc3c4ccc5c6c(ccc(c7ccc(c2c37)C1=O)c64)C(=O)N(CCC[N+](C)(C)CCCCCC)C5=O.I.I.[I-].[I-]. The smallest absolute Gasteiger partial charge is 0.261 e. The maximum Gasteiger partial charge on any atom is 0.261 e. The van der Waals surface area contributed by atoms with Gasteiger partial charge < -0.3 is 56.9 Å².